The Balaban J connectivity index is 1.91. The normalized spacial score (nSPS) is 15.3. The largest absolute Gasteiger partial charge is 0.466 e. The summed E-state index contributed by atoms with van der Waals surface area (Å²) >= 11 is 12.9. The summed E-state index contributed by atoms with van der Waals surface area (Å²) in [4.78, 5) is 30.9. The van der Waals surface area contributed by atoms with Crippen LogP contribution in [0.1, 0.15) is 17.2 Å². The topological polar surface area (TPSA) is 128 Å². The van der Waals surface area contributed by atoms with E-state index in [1.165, 1.54) is 18.2 Å². The van der Waals surface area contributed by atoms with Gasteiger partial charge in [0.05, 0.1) is 53.1 Å². The van der Waals surface area contributed by atoms with Crippen LogP contribution in [-0.2, 0) is 25.2 Å². The summed E-state index contributed by atoms with van der Waals surface area (Å²) in [6, 6.07) is 15.8. The fourth-order valence-electron chi connectivity index (χ4n) is 4.29. The molecule has 3 aromatic rings. The second kappa shape index (κ2) is 12.0. The van der Waals surface area contributed by atoms with Gasteiger partial charge in [0.2, 0.25) is 5.88 Å². The highest BCUT2D eigenvalue weighted by atomic mass is 35.5. The van der Waals surface area contributed by atoms with E-state index in [2.05, 4.69) is 4.98 Å². The molecular weight excluding hydrogens is 600 g/mol. The van der Waals surface area contributed by atoms with E-state index in [0.29, 0.717) is 5.56 Å². The fraction of sp³-hybridized carbons (Fsp3) is 0.143. The Kier molecular flexibility index (Phi) is 8.65. The van der Waals surface area contributed by atoms with Crippen molar-refractivity contribution in [3.8, 4) is 17.7 Å². The van der Waals surface area contributed by atoms with E-state index in [0.717, 1.165) is 31.3 Å². The lowest BCUT2D eigenvalue weighted by molar-refractivity contribution is -0.141. The van der Waals surface area contributed by atoms with E-state index in [1.807, 2.05) is 6.07 Å². The van der Waals surface area contributed by atoms with Crippen LogP contribution in [0.3, 0.4) is 0 Å². The predicted octanol–water partition coefficient (Wildman–Crippen LogP) is 6.10. The standard InChI is InChI=1S/C28H19Cl2F3N4O5/c1-40-26(38)22-21(14-7-4-3-5-8-14)16(13-34)25(35)37(23(22)27(39)41-2)15-11-17(29)24(18(30)12-15)42-20-10-6-9-19(36-20)28(31,32)33/h3-12,21H,35H2,1-2H3. The number of methoxy groups -OCH3 is 2. The number of allylic oxidation sites excluding steroid dienone is 1. The minimum Gasteiger partial charge on any atom is -0.466 e. The molecule has 216 valence electrons. The van der Waals surface area contributed by atoms with Gasteiger partial charge in [-0.25, -0.2) is 14.6 Å². The Bertz CT molecular complexity index is 1650. The molecule has 0 spiro atoms. The lowest BCUT2D eigenvalue weighted by atomic mass is 9.81. The average Bonchev–Trinajstić information content (AvgIpc) is 2.97. The highest BCUT2D eigenvalue weighted by Gasteiger charge is 2.43. The molecule has 0 aliphatic carbocycles. The molecule has 0 fully saturated rings. The number of carbonyl (C=O) groups is 2. The summed E-state index contributed by atoms with van der Waals surface area (Å²) < 4.78 is 54.8. The fourth-order valence-corrected chi connectivity index (χ4v) is 4.84. The van der Waals surface area contributed by atoms with Crippen molar-refractivity contribution in [3.05, 3.63) is 105 Å². The maximum atomic E-state index is 13.2. The summed E-state index contributed by atoms with van der Waals surface area (Å²) in [6.45, 7) is 0. The summed E-state index contributed by atoms with van der Waals surface area (Å²) in [5.41, 5.74) is 4.98. The monoisotopic (exact) mass is 618 g/mol. The summed E-state index contributed by atoms with van der Waals surface area (Å²) in [7, 11) is 2.19. The van der Waals surface area contributed by atoms with E-state index >= 15 is 0 Å². The molecule has 2 N–H and O–H groups in total. The summed E-state index contributed by atoms with van der Waals surface area (Å²) in [5, 5.41) is 9.69. The average molecular weight is 619 g/mol. The number of anilines is 1. The molecule has 0 saturated carbocycles. The Labute approximate surface area is 247 Å². The minimum atomic E-state index is -4.72. The second-order valence-corrected chi connectivity index (χ2v) is 9.35. The zero-order valence-electron chi connectivity index (χ0n) is 21.7. The Morgan fingerprint density at radius 2 is 1.62 bits per heavy atom. The molecule has 1 unspecified atom stereocenters. The number of nitrogens with two attached hydrogens (primary N) is 1. The number of hydrogen-bond donors (Lipinski definition) is 1. The molecule has 2 heterocycles. The molecule has 0 amide bonds. The van der Waals surface area contributed by atoms with Crippen LogP contribution >= 0.6 is 23.2 Å². The highest BCUT2D eigenvalue weighted by Crippen LogP contribution is 2.46. The molecule has 14 heteroatoms. The molecule has 1 aliphatic rings. The number of esters is 2. The predicted molar refractivity (Wildman–Crippen MR) is 145 cm³/mol. The summed E-state index contributed by atoms with van der Waals surface area (Å²) in [5.74, 6) is -4.00. The number of aromatic nitrogens is 1. The lowest BCUT2D eigenvalue weighted by Crippen LogP contribution is -2.40. The van der Waals surface area contributed by atoms with Crippen LogP contribution in [-0.4, -0.2) is 31.1 Å². The van der Waals surface area contributed by atoms with Crippen LogP contribution in [0.5, 0.6) is 11.6 Å². The van der Waals surface area contributed by atoms with Gasteiger partial charge >= 0.3 is 18.1 Å². The van der Waals surface area contributed by atoms with Gasteiger partial charge in [0.15, 0.2) is 5.75 Å². The van der Waals surface area contributed by atoms with Gasteiger partial charge in [-0.05, 0) is 23.8 Å². The van der Waals surface area contributed by atoms with Gasteiger partial charge in [-0.15, -0.1) is 0 Å². The van der Waals surface area contributed by atoms with Crippen molar-refractivity contribution in [2.75, 3.05) is 19.1 Å². The van der Waals surface area contributed by atoms with E-state index in [-0.39, 0.29) is 44.1 Å². The molecule has 1 aromatic heterocycles. The number of hydrogen-bond acceptors (Lipinski definition) is 9. The highest BCUT2D eigenvalue weighted by molar-refractivity contribution is 6.37. The van der Waals surface area contributed by atoms with E-state index in [4.69, 9.17) is 43.1 Å². The molecule has 42 heavy (non-hydrogen) atoms. The number of halogens is 5. The van der Waals surface area contributed by atoms with Crippen LogP contribution in [0.15, 0.2) is 83.3 Å². The second-order valence-electron chi connectivity index (χ2n) is 8.53. The zero-order valence-corrected chi connectivity index (χ0v) is 23.2. The third-order valence-corrected chi connectivity index (χ3v) is 6.63. The van der Waals surface area contributed by atoms with Crippen LogP contribution in [0.2, 0.25) is 10.0 Å². The minimum absolute atomic E-state index is 0.00656. The van der Waals surface area contributed by atoms with Crippen LogP contribution in [0, 0.1) is 11.3 Å². The van der Waals surface area contributed by atoms with Crippen LogP contribution in [0.25, 0.3) is 0 Å². The first-order valence-corrected chi connectivity index (χ1v) is 12.5. The van der Waals surface area contributed by atoms with Gasteiger partial charge in [0, 0.05) is 6.07 Å². The smallest absolute Gasteiger partial charge is 0.433 e. The number of nitrogens with zero attached hydrogens (tertiary/aromatic N) is 3. The number of alkyl halides is 3. The number of nitriles is 1. The van der Waals surface area contributed by atoms with Crippen molar-refractivity contribution in [2.24, 2.45) is 5.73 Å². The van der Waals surface area contributed by atoms with Gasteiger partial charge in [-0.3, -0.25) is 4.90 Å². The van der Waals surface area contributed by atoms with Gasteiger partial charge in [0.1, 0.15) is 17.2 Å². The molecule has 0 radical (unpaired) electrons. The van der Waals surface area contributed by atoms with Crippen molar-refractivity contribution < 1.29 is 37.0 Å². The molecule has 2 aromatic carbocycles. The molecule has 4 rings (SSSR count). The van der Waals surface area contributed by atoms with E-state index < -0.39 is 35.6 Å². The van der Waals surface area contributed by atoms with Crippen LogP contribution < -0.4 is 15.4 Å². The third kappa shape index (κ3) is 5.70. The first kappa shape index (κ1) is 30.2. The lowest BCUT2D eigenvalue weighted by Gasteiger charge is -2.36. The third-order valence-electron chi connectivity index (χ3n) is 6.07. The molecule has 0 saturated heterocycles. The maximum absolute atomic E-state index is 13.2. The van der Waals surface area contributed by atoms with Crippen molar-refractivity contribution >= 4 is 40.8 Å². The van der Waals surface area contributed by atoms with Crippen LogP contribution in [0.4, 0.5) is 18.9 Å². The molecule has 1 aliphatic heterocycles. The molecule has 0 bridgehead atoms. The zero-order chi connectivity index (χ0) is 30.8. The van der Waals surface area contributed by atoms with Crippen molar-refractivity contribution in [2.45, 2.75) is 12.1 Å². The number of pyridine rings is 1. The molecule has 1 atom stereocenters. The van der Waals surface area contributed by atoms with Gasteiger partial charge in [-0.1, -0.05) is 59.6 Å². The Morgan fingerprint density at radius 3 is 2.17 bits per heavy atom. The number of carbonyl (C=O) groups excluding carboxylic acids is 2. The van der Waals surface area contributed by atoms with Crippen molar-refractivity contribution in [1.29, 1.82) is 5.26 Å². The number of ether oxygens (including phenoxy) is 3. The Morgan fingerprint density at radius 1 is 1.00 bits per heavy atom. The van der Waals surface area contributed by atoms with E-state index in [9.17, 15) is 28.0 Å². The quantitative estimate of drug-likeness (QED) is 0.326. The van der Waals surface area contributed by atoms with Gasteiger partial charge < -0.3 is 19.9 Å². The van der Waals surface area contributed by atoms with Crippen molar-refractivity contribution in [3.63, 3.8) is 0 Å². The van der Waals surface area contributed by atoms with E-state index in [1.54, 1.807) is 30.3 Å². The van der Waals surface area contributed by atoms with Gasteiger partial charge in [0.25, 0.3) is 0 Å². The first-order valence-electron chi connectivity index (χ1n) is 11.8. The first-order chi connectivity index (χ1) is 19.9. The molecular formula is C28H19Cl2F3N4O5. The maximum Gasteiger partial charge on any atom is 0.433 e. The number of benzene rings is 2. The summed E-state index contributed by atoms with van der Waals surface area (Å²) in [6.07, 6.45) is -4.72. The van der Waals surface area contributed by atoms with Gasteiger partial charge in [-0.2, -0.15) is 18.4 Å². The Hall–Kier alpha value is -4.73. The number of rotatable bonds is 6. The van der Waals surface area contributed by atoms with Crippen molar-refractivity contribution in [1.82, 2.24) is 4.98 Å². The molecule has 9 nitrogen and oxygen atoms in total. The SMILES string of the molecule is COC(=O)C1=C(C(=O)OC)N(c2cc(Cl)c(Oc3cccc(C(F)(F)F)n3)c(Cl)c2)C(N)=C(C#N)C1c1ccccc1.